The van der Waals surface area contributed by atoms with Crippen LogP contribution in [0.1, 0.15) is 26.5 Å². The number of fused-ring (bicyclic) bond motifs is 3. The quantitative estimate of drug-likeness (QED) is 0.200. The zero-order valence-corrected chi connectivity index (χ0v) is 24.4. The van der Waals surface area contributed by atoms with Crippen molar-refractivity contribution in [2.24, 2.45) is 0 Å². The molecule has 41 heavy (non-hydrogen) atoms. The van der Waals surface area contributed by atoms with E-state index in [0.717, 1.165) is 26.9 Å². The van der Waals surface area contributed by atoms with Crippen molar-refractivity contribution in [3.8, 4) is 11.4 Å². The summed E-state index contributed by atoms with van der Waals surface area (Å²) in [6.07, 6.45) is 3.91. The van der Waals surface area contributed by atoms with Crippen LogP contribution in [0.5, 0.6) is 5.75 Å². The number of phenols is 1. The van der Waals surface area contributed by atoms with Crippen molar-refractivity contribution in [2.75, 3.05) is 22.3 Å². The molecular weight excluding hydrogens is 557 g/mol. The molecule has 2 amide bonds. The number of aromatic hydroxyl groups is 1. The average molecular weight is 587 g/mol. The number of hydrogen-bond acceptors (Lipinski definition) is 8. The molecule has 0 fully saturated rings. The van der Waals surface area contributed by atoms with Crippen LogP contribution in [0, 0.1) is 0 Å². The Balaban J connectivity index is 1.12. The number of carbonyl (C=O) groups is 1. The van der Waals surface area contributed by atoms with E-state index in [0.29, 0.717) is 11.5 Å². The highest BCUT2D eigenvalue weighted by Crippen LogP contribution is 2.48. The van der Waals surface area contributed by atoms with E-state index in [9.17, 15) is 15.0 Å². The molecule has 4 N–H and O–H groups in total. The van der Waals surface area contributed by atoms with Crippen LogP contribution in [-0.4, -0.2) is 43.2 Å². The van der Waals surface area contributed by atoms with E-state index in [4.69, 9.17) is 5.10 Å². The lowest BCUT2D eigenvalue weighted by Crippen LogP contribution is -2.33. The Bertz CT molecular complexity index is 1610. The van der Waals surface area contributed by atoms with Crippen LogP contribution in [0.15, 0.2) is 99.9 Å². The lowest BCUT2D eigenvalue weighted by molar-refractivity contribution is 0.152. The Kier molecular flexibility index (Phi) is 7.10. The zero-order chi connectivity index (χ0) is 28.7. The summed E-state index contributed by atoms with van der Waals surface area (Å²) in [4.78, 5) is 20.4. The molecule has 9 nitrogen and oxygen atoms in total. The molecule has 0 radical (unpaired) electrons. The smallest absolute Gasteiger partial charge is 0.324 e. The molecule has 0 saturated carbocycles. The Hall–Kier alpha value is -4.06. The molecule has 6 rings (SSSR count). The van der Waals surface area contributed by atoms with Gasteiger partial charge in [0.15, 0.2) is 5.50 Å². The van der Waals surface area contributed by atoms with Gasteiger partial charge in [-0.2, -0.15) is 5.10 Å². The summed E-state index contributed by atoms with van der Waals surface area (Å²) in [5, 5.41) is 29.8. The monoisotopic (exact) mass is 586 g/mol. The summed E-state index contributed by atoms with van der Waals surface area (Å²) in [6.45, 7) is 6.17. The molecule has 2 aliphatic heterocycles. The van der Waals surface area contributed by atoms with E-state index in [1.54, 1.807) is 52.5 Å². The van der Waals surface area contributed by atoms with Gasteiger partial charge in [-0.3, -0.25) is 5.32 Å². The second kappa shape index (κ2) is 10.7. The van der Waals surface area contributed by atoms with Gasteiger partial charge >= 0.3 is 6.03 Å². The van der Waals surface area contributed by atoms with Crippen LogP contribution in [0.3, 0.4) is 0 Å². The van der Waals surface area contributed by atoms with Crippen LogP contribution in [-0.2, 0) is 5.41 Å². The molecule has 0 saturated heterocycles. The average Bonchev–Trinajstić information content (AvgIpc) is 3.64. The lowest BCUT2D eigenvalue weighted by Gasteiger charge is -2.23. The number of urea groups is 1. The molecule has 2 aliphatic rings. The summed E-state index contributed by atoms with van der Waals surface area (Å²) >= 11 is 3.37. The van der Waals surface area contributed by atoms with E-state index >= 15 is 0 Å². The molecule has 3 heterocycles. The predicted molar refractivity (Wildman–Crippen MR) is 164 cm³/mol. The normalized spacial score (nSPS) is 15.7. The minimum absolute atomic E-state index is 0.0152. The fraction of sp³-hybridized carbons (Fsp3) is 0.200. The number of nitrogens with one attached hydrogen (secondary N) is 2. The number of carbonyl (C=O) groups excluding carboxylic acids is 1. The Labute approximate surface area is 246 Å². The molecule has 1 unspecified atom stereocenters. The minimum Gasteiger partial charge on any atom is -0.508 e. The maximum absolute atomic E-state index is 13.0. The van der Waals surface area contributed by atoms with Crippen LogP contribution >= 0.6 is 23.5 Å². The fourth-order valence-electron chi connectivity index (χ4n) is 4.53. The van der Waals surface area contributed by atoms with Gasteiger partial charge in [-0.1, -0.05) is 44.3 Å². The van der Waals surface area contributed by atoms with Crippen LogP contribution in [0.25, 0.3) is 5.69 Å². The van der Waals surface area contributed by atoms with Gasteiger partial charge in [-0.25, -0.2) is 9.48 Å². The van der Waals surface area contributed by atoms with Crippen molar-refractivity contribution >= 4 is 46.7 Å². The van der Waals surface area contributed by atoms with Gasteiger partial charge in [-0.15, -0.1) is 0 Å². The van der Waals surface area contributed by atoms with Crippen LogP contribution in [0.4, 0.5) is 22.0 Å². The number of benzene rings is 3. The number of aliphatic hydroxyl groups excluding tert-OH is 1. The molecule has 0 spiro atoms. The molecule has 210 valence electrons. The van der Waals surface area contributed by atoms with E-state index in [1.807, 2.05) is 47.6 Å². The summed E-state index contributed by atoms with van der Waals surface area (Å²) in [5.41, 5.74) is 3.20. The number of anilines is 3. The number of aliphatic hydroxyl groups is 1. The first kappa shape index (κ1) is 27.1. The van der Waals surface area contributed by atoms with Gasteiger partial charge in [0.2, 0.25) is 0 Å². The maximum atomic E-state index is 13.0. The Morgan fingerprint density at radius 3 is 2.41 bits per heavy atom. The Morgan fingerprint density at radius 2 is 1.71 bits per heavy atom. The third-order valence-electron chi connectivity index (χ3n) is 6.71. The number of phenolic OH excluding ortho intramolecular Hbond substituents is 1. The third kappa shape index (κ3) is 5.61. The first-order valence-corrected chi connectivity index (χ1v) is 14.8. The molecule has 4 aromatic rings. The fourth-order valence-corrected chi connectivity index (χ4v) is 6.61. The Morgan fingerprint density at radius 1 is 0.976 bits per heavy atom. The summed E-state index contributed by atoms with van der Waals surface area (Å²) in [7, 11) is 0. The molecule has 11 heteroatoms. The predicted octanol–water partition coefficient (Wildman–Crippen LogP) is 6.60. The van der Waals surface area contributed by atoms with Crippen molar-refractivity contribution in [1.29, 1.82) is 0 Å². The van der Waals surface area contributed by atoms with E-state index in [2.05, 4.69) is 54.5 Å². The van der Waals surface area contributed by atoms with Crippen molar-refractivity contribution in [1.82, 2.24) is 14.7 Å². The van der Waals surface area contributed by atoms with E-state index in [1.165, 1.54) is 4.90 Å². The number of aromatic nitrogens is 2. The topological polar surface area (TPSA) is 106 Å². The van der Waals surface area contributed by atoms with E-state index in [-0.39, 0.29) is 29.4 Å². The van der Waals surface area contributed by atoms with Gasteiger partial charge in [0.25, 0.3) is 0 Å². The van der Waals surface area contributed by atoms with Gasteiger partial charge in [0, 0.05) is 44.3 Å². The van der Waals surface area contributed by atoms with Crippen molar-refractivity contribution < 1.29 is 15.0 Å². The van der Waals surface area contributed by atoms with Crippen LogP contribution in [0.2, 0.25) is 0 Å². The van der Waals surface area contributed by atoms with Crippen molar-refractivity contribution in [3.05, 3.63) is 90.9 Å². The molecular formula is C30H30N6O3S2. The number of amides is 2. The van der Waals surface area contributed by atoms with Gasteiger partial charge in [-0.05, 0) is 66.7 Å². The van der Waals surface area contributed by atoms with Gasteiger partial charge < -0.3 is 25.3 Å². The summed E-state index contributed by atoms with van der Waals surface area (Å²) < 4.78 is 1.66. The van der Waals surface area contributed by atoms with Crippen molar-refractivity contribution in [3.63, 3.8) is 0 Å². The zero-order valence-electron chi connectivity index (χ0n) is 22.8. The number of thioether (sulfide) groups is 1. The second-order valence-corrected chi connectivity index (χ2v) is 13.0. The minimum atomic E-state index is -0.382. The number of rotatable bonds is 6. The first-order chi connectivity index (χ1) is 19.7. The molecule has 3 aromatic carbocycles. The molecule has 1 atom stereocenters. The SMILES string of the molecule is CC(C)(C)c1cc(NC(=O)Nc2ccc(Sc3ccc4c(c3)N3C=CN(CO)C3S4)cc2)n(-c2ccc(O)cc2)n1. The van der Waals surface area contributed by atoms with Crippen LogP contribution < -0.4 is 15.5 Å². The maximum Gasteiger partial charge on any atom is 0.324 e. The standard InChI is InChI=1S/C30H30N6O3S2/c1-30(2,3)26-17-27(36(33-26)20-6-8-21(38)9-7-20)32-28(39)31-19-4-10-22(11-5-19)40-23-12-13-25-24(16-23)35-15-14-34(18-37)29(35)41-25/h4-17,29,37-38H,18H2,1-3H3,(H2,31,32,39). The van der Waals surface area contributed by atoms with Crippen molar-refractivity contribution in [2.45, 2.75) is 46.4 Å². The molecule has 1 aromatic heterocycles. The molecule has 0 bridgehead atoms. The second-order valence-electron chi connectivity index (χ2n) is 10.7. The summed E-state index contributed by atoms with van der Waals surface area (Å²) in [6, 6.07) is 22.3. The van der Waals surface area contributed by atoms with Gasteiger partial charge in [0.1, 0.15) is 18.3 Å². The highest BCUT2D eigenvalue weighted by Gasteiger charge is 2.35. The third-order valence-corrected chi connectivity index (χ3v) is 9.01. The largest absolute Gasteiger partial charge is 0.508 e. The highest BCUT2D eigenvalue weighted by molar-refractivity contribution is 8.00. The number of hydrogen-bond donors (Lipinski definition) is 4. The van der Waals surface area contributed by atoms with Gasteiger partial charge in [0.05, 0.1) is 17.1 Å². The highest BCUT2D eigenvalue weighted by atomic mass is 32.2. The van der Waals surface area contributed by atoms with E-state index < -0.39 is 0 Å². The lowest BCUT2D eigenvalue weighted by atomic mass is 9.92. The number of nitrogens with zero attached hydrogens (tertiary/aromatic N) is 4. The molecule has 0 aliphatic carbocycles. The summed E-state index contributed by atoms with van der Waals surface area (Å²) in [5.74, 6) is 0.685. The first-order valence-electron chi connectivity index (χ1n) is 13.1.